The first kappa shape index (κ1) is 21.5. The number of piperidine rings is 1. The lowest BCUT2D eigenvalue weighted by Gasteiger charge is -2.44. The van der Waals surface area contributed by atoms with Crippen LogP contribution in [-0.2, 0) is 9.59 Å². The van der Waals surface area contributed by atoms with Crippen molar-refractivity contribution in [2.45, 2.75) is 38.3 Å². The van der Waals surface area contributed by atoms with Gasteiger partial charge in [0, 0.05) is 13.1 Å². The van der Waals surface area contributed by atoms with E-state index in [1.165, 1.54) is 0 Å². The van der Waals surface area contributed by atoms with Gasteiger partial charge in [-0.05, 0) is 30.9 Å². The summed E-state index contributed by atoms with van der Waals surface area (Å²) in [4.78, 5) is 26.7. The summed E-state index contributed by atoms with van der Waals surface area (Å²) in [7, 11) is 0. The highest BCUT2D eigenvalue weighted by atomic mass is 35.5. The van der Waals surface area contributed by atoms with Crippen molar-refractivity contribution in [2.75, 3.05) is 23.7 Å². The number of carbonyl (C=O) groups is 2. The Morgan fingerprint density at radius 1 is 1.16 bits per heavy atom. The fraction of sp³-hybridized carbons (Fsp3) is 0.529. The van der Waals surface area contributed by atoms with Crippen molar-refractivity contribution in [1.29, 1.82) is 0 Å². The Bertz CT molecular complexity index is 631. The van der Waals surface area contributed by atoms with Crippen LogP contribution in [0.1, 0.15) is 26.7 Å². The molecule has 1 atom stereocenters. The molecule has 0 saturated carbocycles. The van der Waals surface area contributed by atoms with Crippen molar-refractivity contribution in [3.63, 3.8) is 0 Å². The molecule has 0 bridgehead atoms. The average molecular weight is 389 g/mol. The van der Waals surface area contributed by atoms with Crippen molar-refractivity contribution < 1.29 is 9.59 Å². The number of anilines is 2. The number of nitrogens with zero attached hydrogens (tertiary/aromatic N) is 1. The van der Waals surface area contributed by atoms with Gasteiger partial charge in [0.2, 0.25) is 11.8 Å². The molecule has 1 aromatic rings. The highest BCUT2D eigenvalue weighted by Crippen LogP contribution is 2.36. The number of hydrogen-bond donors (Lipinski definition) is 3. The quantitative estimate of drug-likeness (QED) is 0.724. The molecule has 1 aromatic carbocycles. The van der Waals surface area contributed by atoms with E-state index in [1.54, 1.807) is 4.90 Å². The SMILES string of the molecule is CC(C)[C@@H](N)C(=O)N1CCC2(CC1)Nc1ccccc1NC2=O.Cl.Cl. The predicted molar refractivity (Wildman–Crippen MR) is 105 cm³/mol. The molecule has 0 aliphatic carbocycles. The smallest absolute Gasteiger partial charge is 0.250 e. The maximum Gasteiger partial charge on any atom is 0.250 e. The number of hydrogen-bond acceptors (Lipinski definition) is 4. The van der Waals surface area contributed by atoms with Crippen LogP contribution in [-0.4, -0.2) is 41.4 Å². The number of para-hydroxylation sites is 2. The van der Waals surface area contributed by atoms with Crippen LogP contribution in [0.5, 0.6) is 0 Å². The number of benzene rings is 1. The van der Waals surface area contributed by atoms with Crippen LogP contribution in [0.4, 0.5) is 11.4 Å². The summed E-state index contributed by atoms with van der Waals surface area (Å²) in [6.45, 7) is 4.98. The zero-order valence-corrected chi connectivity index (χ0v) is 16.1. The second-order valence-electron chi connectivity index (χ2n) is 6.80. The Balaban J connectivity index is 0.00000156. The monoisotopic (exact) mass is 388 g/mol. The van der Waals surface area contributed by atoms with Gasteiger partial charge in [-0.1, -0.05) is 26.0 Å². The van der Waals surface area contributed by atoms with Crippen LogP contribution in [0.25, 0.3) is 0 Å². The molecule has 2 aliphatic rings. The second kappa shape index (κ2) is 8.25. The molecule has 1 saturated heterocycles. The number of amides is 2. The van der Waals surface area contributed by atoms with Crippen molar-refractivity contribution in [1.82, 2.24) is 4.90 Å². The average Bonchev–Trinajstić information content (AvgIpc) is 2.55. The first-order valence-electron chi connectivity index (χ1n) is 8.16. The molecular weight excluding hydrogens is 363 g/mol. The molecule has 2 amide bonds. The van der Waals surface area contributed by atoms with Crippen LogP contribution in [0.15, 0.2) is 24.3 Å². The fourth-order valence-corrected chi connectivity index (χ4v) is 3.21. The van der Waals surface area contributed by atoms with E-state index >= 15 is 0 Å². The number of halogens is 2. The van der Waals surface area contributed by atoms with Crippen molar-refractivity contribution in [3.8, 4) is 0 Å². The Morgan fingerprint density at radius 2 is 1.72 bits per heavy atom. The van der Waals surface area contributed by atoms with Gasteiger partial charge >= 0.3 is 0 Å². The summed E-state index contributed by atoms with van der Waals surface area (Å²) in [5.41, 5.74) is 7.08. The Kier molecular flexibility index (Phi) is 7.11. The number of nitrogens with two attached hydrogens (primary N) is 1. The Morgan fingerprint density at radius 3 is 2.28 bits per heavy atom. The van der Waals surface area contributed by atoms with E-state index in [2.05, 4.69) is 10.6 Å². The van der Waals surface area contributed by atoms with Gasteiger partial charge in [0.05, 0.1) is 17.4 Å². The van der Waals surface area contributed by atoms with Crippen LogP contribution in [0.2, 0.25) is 0 Å². The molecule has 0 aromatic heterocycles. The highest BCUT2D eigenvalue weighted by Gasteiger charge is 2.45. The minimum absolute atomic E-state index is 0. The minimum atomic E-state index is -0.632. The van der Waals surface area contributed by atoms with Crippen LogP contribution in [0, 0.1) is 5.92 Å². The molecule has 0 radical (unpaired) electrons. The minimum Gasteiger partial charge on any atom is -0.369 e. The van der Waals surface area contributed by atoms with Gasteiger partial charge in [-0.25, -0.2) is 0 Å². The molecule has 1 fully saturated rings. The molecule has 8 heteroatoms. The second-order valence-corrected chi connectivity index (χ2v) is 6.80. The van der Waals surface area contributed by atoms with Crippen molar-refractivity contribution in [2.24, 2.45) is 11.7 Å². The van der Waals surface area contributed by atoms with E-state index in [-0.39, 0.29) is 42.5 Å². The Labute approximate surface area is 160 Å². The van der Waals surface area contributed by atoms with E-state index in [1.807, 2.05) is 38.1 Å². The molecule has 3 rings (SSSR count). The molecular formula is C17H26Cl2N4O2. The first-order valence-corrected chi connectivity index (χ1v) is 8.16. The summed E-state index contributed by atoms with van der Waals surface area (Å²) in [6, 6.07) is 7.21. The summed E-state index contributed by atoms with van der Waals surface area (Å²) in [6.07, 6.45) is 1.17. The zero-order valence-electron chi connectivity index (χ0n) is 14.5. The van der Waals surface area contributed by atoms with Gasteiger partial charge < -0.3 is 21.3 Å². The molecule has 2 heterocycles. The van der Waals surface area contributed by atoms with Gasteiger partial charge in [-0.15, -0.1) is 24.8 Å². The number of likely N-dealkylation sites (tertiary alicyclic amines) is 1. The van der Waals surface area contributed by atoms with Gasteiger partial charge in [0.25, 0.3) is 0 Å². The molecule has 140 valence electrons. The van der Waals surface area contributed by atoms with E-state index in [0.717, 1.165) is 11.4 Å². The molecule has 0 unspecified atom stereocenters. The third-order valence-corrected chi connectivity index (χ3v) is 4.92. The number of carbonyl (C=O) groups excluding carboxylic acids is 2. The lowest BCUT2D eigenvalue weighted by Crippen LogP contribution is -2.60. The fourth-order valence-electron chi connectivity index (χ4n) is 3.21. The number of rotatable bonds is 2. The lowest BCUT2D eigenvalue weighted by atomic mass is 9.84. The lowest BCUT2D eigenvalue weighted by molar-refractivity contribution is -0.136. The zero-order chi connectivity index (χ0) is 16.6. The molecule has 6 nitrogen and oxygen atoms in total. The first-order chi connectivity index (χ1) is 10.9. The van der Waals surface area contributed by atoms with E-state index in [4.69, 9.17) is 5.73 Å². The topological polar surface area (TPSA) is 87.5 Å². The largest absolute Gasteiger partial charge is 0.369 e. The van der Waals surface area contributed by atoms with E-state index < -0.39 is 11.6 Å². The van der Waals surface area contributed by atoms with Crippen LogP contribution >= 0.6 is 24.8 Å². The van der Waals surface area contributed by atoms with Gasteiger partial charge in [0.1, 0.15) is 5.54 Å². The van der Waals surface area contributed by atoms with E-state index in [9.17, 15) is 9.59 Å². The van der Waals surface area contributed by atoms with Crippen LogP contribution < -0.4 is 16.4 Å². The predicted octanol–water partition coefficient (Wildman–Crippen LogP) is 2.24. The third kappa shape index (κ3) is 4.02. The standard InChI is InChI=1S/C17H24N4O2.2ClH/c1-11(2)14(18)15(22)21-9-7-17(8-10-21)16(23)19-12-5-3-4-6-13(12)20-17;;/h3-6,11,14,20H,7-10,18H2,1-2H3,(H,19,23);2*1H/t14-;;/m1../s1. The Hall–Kier alpha value is -1.50. The summed E-state index contributed by atoms with van der Waals surface area (Å²) >= 11 is 0. The van der Waals surface area contributed by atoms with Gasteiger partial charge in [0.15, 0.2) is 0 Å². The normalized spacial score (nSPS) is 19.0. The molecule has 1 spiro atoms. The summed E-state index contributed by atoms with van der Waals surface area (Å²) in [5.74, 6) is 0.0734. The third-order valence-electron chi connectivity index (χ3n) is 4.92. The van der Waals surface area contributed by atoms with Gasteiger partial charge in [-0.2, -0.15) is 0 Å². The molecule has 25 heavy (non-hydrogen) atoms. The van der Waals surface area contributed by atoms with E-state index in [0.29, 0.717) is 25.9 Å². The number of fused-ring (bicyclic) bond motifs is 1. The molecule has 2 aliphatic heterocycles. The van der Waals surface area contributed by atoms with Crippen molar-refractivity contribution >= 4 is 48.0 Å². The molecule has 4 N–H and O–H groups in total. The maximum absolute atomic E-state index is 12.6. The summed E-state index contributed by atoms with van der Waals surface area (Å²) < 4.78 is 0. The summed E-state index contributed by atoms with van der Waals surface area (Å²) in [5, 5.41) is 6.37. The maximum atomic E-state index is 12.6. The highest BCUT2D eigenvalue weighted by molar-refractivity contribution is 6.06. The van der Waals surface area contributed by atoms with Crippen LogP contribution in [0.3, 0.4) is 0 Å². The number of nitrogens with one attached hydrogen (secondary N) is 2. The van der Waals surface area contributed by atoms with Gasteiger partial charge in [-0.3, -0.25) is 9.59 Å². The van der Waals surface area contributed by atoms with Crippen molar-refractivity contribution in [3.05, 3.63) is 24.3 Å².